The summed E-state index contributed by atoms with van der Waals surface area (Å²) in [6.07, 6.45) is 3.75. The van der Waals surface area contributed by atoms with Crippen LogP contribution >= 0.6 is 0 Å². The first kappa shape index (κ1) is 15.4. The molecule has 1 unspecified atom stereocenters. The van der Waals surface area contributed by atoms with Crippen LogP contribution in [0.5, 0.6) is 0 Å². The summed E-state index contributed by atoms with van der Waals surface area (Å²) in [6, 6.07) is 9.87. The van der Waals surface area contributed by atoms with Crippen molar-refractivity contribution in [2.45, 2.75) is 26.0 Å². The summed E-state index contributed by atoms with van der Waals surface area (Å²) in [4.78, 5) is 13.3. The van der Waals surface area contributed by atoms with Crippen molar-refractivity contribution in [3.8, 4) is 5.69 Å². The lowest BCUT2D eigenvalue weighted by molar-refractivity contribution is -0.135. The van der Waals surface area contributed by atoms with E-state index in [1.807, 2.05) is 53.2 Å². The topological polar surface area (TPSA) is 58.4 Å². The van der Waals surface area contributed by atoms with E-state index in [0.29, 0.717) is 13.1 Å². The summed E-state index contributed by atoms with van der Waals surface area (Å²) in [5.74, 6) is -0.227. The highest BCUT2D eigenvalue weighted by molar-refractivity contribution is 5.84. The summed E-state index contributed by atoms with van der Waals surface area (Å²) in [7, 11) is 1.87. The molecule has 2 aromatic rings. The highest BCUT2D eigenvalue weighted by atomic mass is 16.3. The molecule has 5 heteroatoms. The summed E-state index contributed by atoms with van der Waals surface area (Å²) >= 11 is 0. The monoisotopic (exact) mass is 287 g/mol. The Morgan fingerprint density at radius 1 is 1.38 bits per heavy atom. The van der Waals surface area contributed by atoms with Crippen LogP contribution in [-0.2, 0) is 11.3 Å². The number of rotatable bonds is 6. The van der Waals surface area contributed by atoms with Crippen LogP contribution < -0.4 is 0 Å². The fraction of sp³-hybridized carbons (Fsp3) is 0.375. The normalized spacial score (nSPS) is 14.1. The average Bonchev–Trinajstić information content (AvgIpc) is 2.87. The number of Topliss-reactive ketones (excluding diaryl/α,β-unsaturated/α-hetero) is 1. The third kappa shape index (κ3) is 4.00. The van der Waals surface area contributed by atoms with Gasteiger partial charge in [0, 0.05) is 24.8 Å². The van der Waals surface area contributed by atoms with E-state index in [-0.39, 0.29) is 5.78 Å². The minimum absolute atomic E-state index is 0.227. The van der Waals surface area contributed by atoms with Gasteiger partial charge in [0.15, 0.2) is 5.78 Å². The first-order chi connectivity index (χ1) is 9.88. The predicted molar refractivity (Wildman–Crippen MR) is 81.2 cm³/mol. The summed E-state index contributed by atoms with van der Waals surface area (Å²) < 4.78 is 1.81. The van der Waals surface area contributed by atoms with Crippen molar-refractivity contribution in [1.82, 2.24) is 14.7 Å². The van der Waals surface area contributed by atoms with Gasteiger partial charge >= 0.3 is 0 Å². The predicted octanol–water partition coefficient (Wildman–Crippen LogP) is 1.64. The molecule has 5 nitrogen and oxygen atoms in total. The molecular formula is C16H21N3O2. The second kappa shape index (κ2) is 6.20. The molecule has 0 aliphatic carbocycles. The van der Waals surface area contributed by atoms with Crippen LogP contribution in [-0.4, -0.2) is 44.8 Å². The molecule has 0 saturated carbocycles. The van der Waals surface area contributed by atoms with Gasteiger partial charge in [0.05, 0.1) is 11.9 Å². The number of nitrogens with zero attached hydrogens (tertiary/aromatic N) is 3. The zero-order chi connectivity index (χ0) is 15.5. The van der Waals surface area contributed by atoms with Crippen LogP contribution in [0.3, 0.4) is 0 Å². The van der Waals surface area contributed by atoms with E-state index < -0.39 is 5.60 Å². The Hall–Kier alpha value is -1.98. The Labute approximate surface area is 124 Å². The molecule has 1 N–H and O–H groups in total. The van der Waals surface area contributed by atoms with Crippen LogP contribution in [0.25, 0.3) is 5.69 Å². The molecule has 0 spiro atoms. The maximum Gasteiger partial charge on any atom is 0.162 e. The number of carbonyl (C=O) groups is 1. The highest BCUT2D eigenvalue weighted by Crippen LogP contribution is 2.12. The van der Waals surface area contributed by atoms with Gasteiger partial charge in [0.25, 0.3) is 0 Å². The first-order valence-electron chi connectivity index (χ1n) is 6.89. The van der Waals surface area contributed by atoms with Gasteiger partial charge in [-0.2, -0.15) is 5.10 Å². The molecule has 0 bridgehead atoms. The van der Waals surface area contributed by atoms with Crippen LogP contribution in [0.1, 0.15) is 19.4 Å². The number of carbonyl (C=O) groups excluding carboxylic acids is 1. The highest BCUT2D eigenvalue weighted by Gasteiger charge is 2.27. The lowest BCUT2D eigenvalue weighted by Gasteiger charge is -2.26. The molecule has 1 aromatic carbocycles. The Balaban J connectivity index is 2.01. The minimum atomic E-state index is -1.32. The average molecular weight is 287 g/mol. The van der Waals surface area contributed by atoms with E-state index in [9.17, 15) is 9.90 Å². The maximum atomic E-state index is 11.3. The van der Waals surface area contributed by atoms with E-state index in [4.69, 9.17) is 0 Å². The van der Waals surface area contributed by atoms with Crippen molar-refractivity contribution in [2.75, 3.05) is 13.6 Å². The number of benzene rings is 1. The van der Waals surface area contributed by atoms with Crippen LogP contribution in [0.15, 0.2) is 42.7 Å². The van der Waals surface area contributed by atoms with Gasteiger partial charge in [0.2, 0.25) is 0 Å². The largest absolute Gasteiger partial charge is 0.381 e. The number of hydrogen-bond acceptors (Lipinski definition) is 4. The van der Waals surface area contributed by atoms with Gasteiger partial charge in [-0.15, -0.1) is 0 Å². The Morgan fingerprint density at radius 3 is 2.67 bits per heavy atom. The molecule has 2 rings (SSSR count). The van der Waals surface area contributed by atoms with Crippen LogP contribution in [0.2, 0.25) is 0 Å². The number of ketones is 1. The molecule has 1 aromatic heterocycles. The molecule has 1 atom stereocenters. The molecule has 112 valence electrons. The number of para-hydroxylation sites is 1. The molecule has 21 heavy (non-hydrogen) atoms. The number of likely N-dealkylation sites (N-methyl/N-ethyl adjacent to an activating group) is 1. The van der Waals surface area contributed by atoms with Gasteiger partial charge < -0.3 is 5.11 Å². The van der Waals surface area contributed by atoms with E-state index in [0.717, 1.165) is 11.3 Å². The molecular weight excluding hydrogens is 266 g/mol. The van der Waals surface area contributed by atoms with Crippen LogP contribution in [0.4, 0.5) is 0 Å². The zero-order valence-electron chi connectivity index (χ0n) is 12.7. The number of aliphatic hydroxyl groups is 1. The first-order valence-corrected chi connectivity index (χ1v) is 6.89. The lowest BCUT2D eigenvalue weighted by Crippen LogP contribution is -2.44. The molecule has 1 heterocycles. The van der Waals surface area contributed by atoms with Gasteiger partial charge in [0.1, 0.15) is 5.60 Å². The fourth-order valence-electron chi connectivity index (χ4n) is 2.17. The second-order valence-corrected chi connectivity index (χ2v) is 5.63. The smallest absolute Gasteiger partial charge is 0.162 e. The standard InChI is InChI=1S/C16H21N3O2/c1-13(20)16(2,21)12-18(3)10-14-9-17-19(11-14)15-7-5-4-6-8-15/h4-9,11,21H,10,12H2,1-3H3. The number of aromatic nitrogens is 2. The van der Waals surface area contributed by atoms with Crippen molar-refractivity contribution >= 4 is 5.78 Å². The summed E-state index contributed by atoms with van der Waals surface area (Å²) in [5.41, 5.74) is 0.715. The molecule has 0 aliphatic rings. The summed E-state index contributed by atoms with van der Waals surface area (Å²) in [6.45, 7) is 3.86. The van der Waals surface area contributed by atoms with E-state index in [1.165, 1.54) is 6.92 Å². The third-order valence-electron chi connectivity index (χ3n) is 3.45. The molecule has 0 amide bonds. The maximum absolute atomic E-state index is 11.3. The van der Waals surface area contributed by atoms with Crippen molar-refractivity contribution in [3.05, 3.63) is 48.3 Å². The molecule has 0 aliphatic heterocycles. The van der Waals surface area contributed by atoms with Crippen molar-refractivity contribution in [1.29, 1.82) is 0 Å². The zero-order valence-corrected chi connectivity index (χ0v) is 12.7. The lowest BCUT2D eigenvalue weighted by atomic mass is 10.0. The molecule has 0 radical (unpaired) electrons. The quantitative estimate of drug-likeness (QED) is 0.877. The molecule has 0 fully saturated rings. The van der Waals surface area contributed by atoms with Gasteiger partial charge in [-0.1, -0.05) is 18.2 Å². The Kier molecular flexibility index (Phi) is 4.55. The van der Waals surface area contributed by atoms with Gasteiger partial charge in [-0.05, 0) is 33.0 Å². The SMILES string of the molecule is CC(=O)C(C)(O)CN(C)Cc1cnn(-c2ccccc2)c1. The second-order valence-electron chi connectivity index (χ2n) is 5.63. The van der Waals surface area contributed by atoms with Gasteiger partial charge in [-0.3, -0.25) is 9.69 Å². The van der Waals surface area contributed by atoms with Crippen molar-refractivity contribution < 1.29 is 9.90 Å². The van der Waals surface area contributed by atoms with Crippen molar-refractivity contribution in [3.63, 3.8) is 0 Å². The van der Waals surface area contributed by atoms with E-state index in [2.05, 4.69) is 5.10 Å². The third-order valence-corrected chi connectivity index (χ3v) is 3.45. The summed E-state index contributed by atoms with van der Waals surface area (Å²) in [5, 5.41) is 14.3. The van der Waals surface area contributed by atoms with Crippen LogP contribution in [0, 0.1) is 0 Å². The van der Waals surface area contributed by atoms with E-state index >= 15 is 0 Å². The van der Waals surface area contributed by atoms with Gasteiger partial charge in [-0.25, -0.2) is 4.68 Å². The fourth-order valence-corrected chi connectivity index (χ4v) is 2.17. The number of hydrogen-bond donors (Lipinski definition) is 1. The minimum Gasteiger partial charge on any atom is -0.381 e. The van der Waals surface area contributed by atoms with Crippen molar-refractivity contribution in [2.24, 2.45) is 0 Å². The Bertz CT molecular complexity index is 605. The Morgan fingerprint density at radius 2 is 2.05 bits per heavy atom. The molecule has 0 saturated heterocycles. The van der Waals surface area contributed by atoms with E-state index in [1.54, 1.807) is 13.1 Å².